The van der Waals surface area contributed by atoms with Crippen LogP contribution in [0.25, 0.3) is 0 Å². The van der Waals surface area contributed by atoms with Crippen molar-refractivity contribution in [2.24, 2.45) is 0 Å². The molecule has 0 aromatic heterocycles. The van der Waals surface area contributed by atoms with Crippen molar-refractivity contribution >= 4 is 15.9 Å². The van der Waals surface area contributed by atoms with Gasteiger partial charge in [0.25, 0.3) is 0 Å². The van der Waals surface area contributed by atoms with E-state index in [0.29, 0.717) is 6.61 Å². The average molecular weight is 481 g/mol. The summed E-state index contributed by atoms with van der Waals surface area (Å²) in [6.07, 6.45) is 1.14. The molecule has 0 spiro atoms. The zero-order valence-electron chi connectivity index (χ0n) is 17.9. The number of hydrogen-bond acceptors (Lipinski definition) is 4. The Morgan fingerprint density at radius 3 is 2.45 bits per heavy atom. The Bertz CT molecular complexity index is 955. The lowest BCUT2D eigenvalue weighted by molar-refractivity contribution is 0.239. The maximum absolute atomic E-state index is 6.08. The van der Waals surface area contributed by atoms with Crippen molar-refractivity contribution in [1.82, 2.24) is 10.2 Å². The van der Waals surface area contributed by atoms with Gasteiger partial charge in [0.15, 0.2) is 11.5 Å². The van der Waals surface area contributed by atoms with Gasteiger partial charge in [-0.05, 0) is 53.9 Å². The van der Waals surface area contributed by atoms with Gasteiger partial charge < -0.3 is 14.8 Å². The third kappa shape index (κ3) is 5.67. The molecule has 5 heteroatoms. The number of hydrogen-bond donors (Lipinski definition) is 1. The van der Waals surface area contributed by atoms with Crippen LogP contribution in [-0.2, 0) is 6.61 Å². The predicted octanol–water partition coefficient (Wildman–Crippen LogP) is 5.42. The van der Waals surface area contributed by atoms with Gasteiger partial charge in [-0.25, -0.2) is 0 Å². The van der Waals surface area contributed by atoms with Crippen LogP contribution in [0.4, 0.5) is 0 Å². The van der Waals surface area contributed by atoms with Crippen molar-refractivity contribution in [3.63, 3.8) is 0 Å². The quantitative estimate of drug-likeness (QED) is 0.489. The van der Waals surface area contributed by atoms with Crippen molar-refractivity contribution in [3.05, 3.63) is 94.0 Å². The number of nitrogens with zero attached hydrogens (tertiary/aromatic N) is 1. The topological polar surface area (TPSA) is 33.7 Å². The first-order chi connectivity index (χ1) is 15.2. The fourth-order valence-corrected chi connectivity index (χ4v) is 4.36. The molecule has 4 nitrogen and oxygen atoms in total. The van der Waals surface area contributed by atoms with Gasteiger partial charge in [-0.1, -0.05) is 64.5 Å². The Morgan fingerprint density at radius 1 is 0.903 bits per heavy atom. The van der Waals surface area contributed by atoms with Crippen LogP contribution in [0.3, 0.4) is 0 Å². The van der Waals surface area contributed by atoms with Gasteiger partial charge in [0.05, 0.1) is 13.2 Å². The van der Waals surface area contributed by atoms with E-state index in [-0.39, 0.29) is 6.04 Å². The molecular formula is C26H29BrN2O2. The molecule has 0 amide bonds. The lowest BCUT2D eigenvalue weighted by atomic mass is 9.96. The molecule has 1 saturated heterocycles. The second-order valence-electron chi connectivity index (χ2n) is 7.78. The molecule has 1 N–H and O–H groups in total. The van der Waals surface area contributed by atoms with Crippen LogP contribution in [0, 0.1) is 0 Å². The second kappa shape index (κ2) is 10.8. The third-order valence-electron chi connectivity index (χ3n) is 5.67. The summed E-state index contributed by atoms with van der Waals surface area (Å²) in [6, 6.07) is 25.4. The lowest BCUT2D eigenvalue weighted by Gasteiger charge is -2.31. The minimum Gasteiger partial charge on any atom is -0.493 e. The molecule has 31 heavy (non-hydrogen) atoms. The van der Waals surface area contributed by atoms with E-state index in [4.69, 9.17) is 9.47 Å². The van der Waals surface area contributed by atoms with Crippen LogP contribution in [-0.4, -0.2) is 38.2 Å². The summed E-state index contributed by atoms with van der Waals surface area (Å²) in [5.41, 5.74) is 3.64. The largest absolute Gasteiger partial charge is 0.493 e. The standard InChI is InChI=1S/C26H29BrN2O2/c1-30-25-18-22(10-13-24(25)31-19-20-6-3-2-4-7-20)26(21-8-11-23(27)12-9-21)29-16-5-14-28-15-17-29/h2-4,6-13,18,26,28H,5,14-17,19H2,1H3. The van der Waals surface area contributed by atoms with Gasteiger partial charge in [0, 0.05) is 24.1 Å². The second-order valence-corrected chi connectivity index (χ2v) is 8.69. The summed E-state index contributed by atoms with van der Waals surface area (Å²) in [7, 11) is 1.71. The lowest BCUT2D eigenvalue weighted by Crippen LogP contribution is -2.33. The highest BCUT2D eigenvalue weighted by atomic mass is 79.9. The van der Waals surface area contributed by atoms with Gasteiger partial charge in [0.2, 0.25) is 0 Å². The van der Waals surface area contributed by atoms with Crippen LogP contribution in [0.5, 0.6) is 11.5 Å². The smallest absolute Gasteiger partial charge is 0.161 e. The van der Waals surface area contributed by atoms with E-state index in [2.05, 4.69) is 74.7 Å². The molecule has 1 fully saturated rings. The molecule has 1 aliphatic rings. The Labute approximate surface area is 193 Å². The average Bonchev–Trinajstić information content (AvgIpc) is 3.09. The monoisotopic (exact) mass is 480 g/mol. The molecule has 1 unspecified atom stereocenters. The first-order valence-corrected chi connectivity index (χ1v) is 11.6. The Morgan fingerprint density at radius 2 is 1.68 bits per heavy atom. The van der Waals surface area contributed by atoms with Gasteiger partial charge in [-0.3, -0.25) is 4.90 Å². The first-order valence-electron chi connectivity index (χ1n) is 10.8. The van der Waals surface area contributed by atoms with Crippen LogP contribution in [0.1, 0.15) is 29.2 Å². The molecule has 162 valence electrons. The van der Waals surface area contributed by atoms with E-state index in [1.165, 1.54) is 11.1 Å². The predicted molar refractivity (Wildman–Crippen MR) is 129 cm³/mol. The third-order valence-corrected chi connectivity index (χ3v) is 6.19. The molecule has 3 aromatic carbocycles. The van der Waals surface area contributed by atoms with E-state index < -0.39 is 0 Å². The number of nitrogens with one attached hydrogen (secondary N) is 1. The fourth-order valence-electron chi connectivity index (χ4n) is 4.09. The minimum absolute atomic E-state index is 0.171. The number of methoxy groups -OCH3 is 1. The minimum atomic E-state index is 0.171. The van der Waals surface area contributed by atoms with Crippen molar-refractivity contribution < 1.29 is 9.47 Å². The summed E-state index contributed by atoms with van der Waals surface area (Å²) < 4.78 is 12.9. The van der Waals surface area contributed by atoms with E-state index in [1.807, 2.05) is 24.3 Å². The molecule has 0 bridgehead atoms. The Balaban J connectivity index is 1.63. The van der Waals surface area contributed by atoms with Crippen LogP contribution in [0.15, 0.2) is 77.3 Å². The molecule has 1 heterocycles. The molecule has 0 aliphatic carbocycles. The van der Waals surface area contributed by atoms with Crippen molar-refractivity contribution in [2.75, 3.05) is 33.3 Å². The summed E-state index contributed by atoms with van der Waals surface area (Å²) in [4.78, 5) is 2.56. The molecule has 1 aliphatic heterocycles. The zero-order valence-corrected chi connectivity index (χ0v) is 19.5. The molecule has 3 aromatic rings. The van der Waals surface area contributed by atoms with Gasteiger partial charge in [0.1, 0.15) is 6.61 Å². The molecule has 0 saturated carbocycles. The van der Waals surface area contributed by atoms with Crippen LogP contribution in [0.2, 0.25) is 0 Å². The number of benzene rings is 3. The van der Waals surface area contributed by atoms with E-state index >= 15 is 0 Å². The maximum atomic E-state index is 6.08. The SMILES string of the molecule is COc1cc(C(c2ccc(Br)cc2)N2CCCNCC2)ccc1OCc1ccccc1. The van der Waals surface area contributed by atoms with Crippen LogP contribution < -0.4 is 14.8 Å². The highest BCUT2D eigenvalue weighted by Crippen LogP contribution is 2.36. The molecule has 4 rings (SSSR count). The van der Waals surface area contributed by atoms with Gasteiger partial charge >= 0.3 is 0 Å². The van der Waals surface area contributed by atoms with Gasteiger partial charge in [-0.15, -0.1) is 0 Å². The Hall–Kier alpha value is -2.34. The van der Waals surface area contributed by atoms with Crippen LogP contribution >= 0.6 is 15.9 Å². The Kier molecular flexibility index (Phi) is 7.62. The number of rotatable bonds is 7. The number of halogens is 1. The fraction of sp³-hybridized carbons (Fsp3) is 0.308. The number of ether oxygens (including phenoxy) is 2. The van der Waals surface area contributed by atoms with Crippen molar-refractivity contribution in [1.29, 1.82) is 0 Å². The van der Waals surface area contributed by atoms with E-state index in [9.17, 15) is 0 Å². The van der Waals surface area contributed by atoms with E-state index in [0.717, 1.165) is 54.1 Å². The normalized spacial score (nSPS) is 15.8. The van der Waals surface area contributed by atoms with Crippen molar-refractivity contribution in [3.8, 4) is 11.5 Å². The summed E-state index contributed by atoms with van der Waals surface area (Å²) in [6.45, 7) is 4.66. The molecular weight excluding hydrogens is 452 g/mol. The van der Waals surface area contributed by atoms with Crippen molar-refractivity contribution in [2.45, 2.75) is 19.1 Å². The highest BCUT2D eigenvalue weighted by molar-refractivity contribution is 9.10. The molecule has 1 atom stereocenters. The maximum Gasteiger partial charge on any atom is 0.161 e. The summed E-state index contributed by atoms with van der Waals surface area (Å²) in [5, 5.41) is 3.51. The first kappa shape index (κ1) is 21.9. The zero-order chi connectivity index (χ0) is 21.5. The summed E-state index contributed by atoms with van der Waals surface area (Å²) >= 11 is 3.57. The van der Waals surface area contributed by atoms with E-state index in [1.54, 1.807) is 7.11 Å². The molecule has 0 radical (unpaired) electrons. The highest BCUT2D eigenvalue weighted by Gasteiger charge is 2.24. The van der Waals surface area contributed by atoms with Gasteiger partial charge in [-0.2, -0.15) is 0 Å². The summed E-state index contributed by atoms with van der Waals surface area (Å²) in [5.74, 6) is 1.53.